The van der Waals surface area contributed by atoms with Crippen molar-refractivity contribution in [3.8, 4) is 5.75 Å². The maximum atomic E-state index is 11.7. The molecule has 5 heteroatoms. The standard InChI is InChI=1S/C10H11BrN2O2/c1-13-8-3-2-6(11)4-9(8)15-5-7(12)10(13)14/h2-4,7H,5,12H2,1H3/t7-/m0/s1. The first-order valence-corrected chi connectivity index (χ1v) is 5.34. The van der Waals surface area contributed by atoms with E-state index >= 15 is 0 Å². The number of anilines is 1. The van der Waals surface area contributed by atoms with Crippen LogP contribution >= 0.6 is 15.9 Å². The van der Waals surface area contributed by atoms with Crippen LogP contribution in [0.5, 0.6) is 5.75 Å². The number of amides is 1. The van der Waals surface area contributed by atoms with Gasteiger partial charge >= 0.3 is 0 Å². The molecule has 0 fully saturated rings. The molecule has 15 heavy (non-hydrogen) atoms. The van der Waals surface area contributed by atoms with Crippen LogP contribution in [0.1, 0.15) is 0 Å². The monoisotopic (exact) mass is 270 g/mol. The molecule has 0 spiro atoms. The number of fused-ring (bicyclic) bond motifs is 1. The lowest BCUT2D eigenvalue weighted by atomic mass is 10.2. The molecule has 0 aromatic heterocycles. The highest BCUT2D eigenvalue weighted by Gasteiger charge is 2.26. The molecule has 2 rings (SSSR count). The van der Waals surface area contributed by atoms with Crippen LogP contribution in [0.15, 0.2) is 22.7 Å². The van der Waals surface area contributed by atoms with Crippen LogP contribution < -0.4 is 15.4 Å². The predicted octanol–water partition coefficient (Wildman–Crippen LogP) is 1.13. The van der Waals surface area contributed by atoms with Gasteiger partial charge in [-0.15, -0.1) is 0 Å². The Morgan fingerprint density at radius 2 is 2.33 bits per heavy atom. The number of likely N-dealkylation sites (N-methyl/N-ethyl adjacent to an activating group) is 1. The molecule has 1 amide bonds. The van der Waals surface area contributed by atoms with Crippen LogP contribution in [-0.2, 0) is 4.79 Å². The van der Waals surface area contributed by atoms with E-state index < -0.39 is 6.04 Å². The number of rotatable bonds is 0. The van der Waals surface area contributed by atoms with Crippen LogP contribution in [0.25, 0.3) is 0 Å². The number of carbonyl (C=O) groups excluding carboxylic acids is 1. The second-order valence-electron chi connectivity index (χ2n) is 3.43. The quantitative estimate of drug-likeness (QED) is 0.769. The molecule has 0 aliphatic carbocycles. The number of ether oxygens (including phenoxy) is 1. The van der Waals surface area contributed by atoms with E-state index in [0.717, 1.165) is 10.2 Å². The fourth-order valence-corrected chi connectivity index (χ4v) is 1.84. The minimum absolute atomic E-state index is 0.129. The second kappa shape index (κ2) is 3.83. The van der Waals surface area contributed by atoms with Crippen molar-refractivity contribution >= 4 is 27.5 Å². The summed E-state index contributed by atoms with van der Waals surface area (Å²) in [7, 11) is 1.70. The third kappa shape index (κ3) is 1.85. The molecule has 4 nitrogen and oxygen atoms in total. The van der Waals surface area contributed by atoms with Crippen molar-refractivity contribution in [3.05, 3.63) is 22.7 Å². The molecule has 0 bridgehead atoms. The van der Waals surface area contributed by atoms with Gasteiger partial charge in [-0.1, -0.05) is 15.9 Å². The van der Waals surface area contributed by atoms with Gasteiger partial charge < -0.3 is 15.4 Å². The van der Waals surface area contributed by atoms with Crippen molar-refractivity contribution < 1.29 is 9.53 Å². The molecule has 0 unspecified atom stereocenters. The average Bonchev–Trinajstić information content (AvgIpc) is 2.32. The highest BCUT2D eigenvalue weighted by atomic mass is 79.9. The van der Waals surface area contributed by atoms with Crippen molar-refractivity contribution in [2.75, 3.05) is 18.6 Å². The lowest BCUT2D eigenvalue weighted by Gasteiger charge is -2.17. The first kappa shape index (κ1) is 10.4. The zero-order chi connectivity index (χ0) is 11.0. The molecular formula is C10H11BrN2O2. The molecule has 1 heterocycles. The Labute approximate surface area is 96.1 Å². The van der Waals surface area contributed by atoms with E-state index in [4.69, 9.17) is 10.5 Å². The number of nitrogens with two attached hydrogens (primary N) is 1. The van der Waals surface area contributed by atoms with Gasteiger partial charge in [-0.25, -0.2) is 0 Å². The van der Waals surface area contributed by atoms with Gasteiger partial charge in [-0.2, -0.15) is 0 Å². The molecule has 0 saturated carbocycles. The van der Waals surface area contributed by atoms with E-state index in [1.165, 1.54) is 4.90 Å². The summed E-state index contributed by atoms with van der Waals surface area (Å²) in [6, 6.07) is 4.93. The van der Waals surface area contributed by atoms with Crippen molar-refractivity contribution in [1.82, 2.24) is 0 Å². The van der Waals surface area contributed by atoms with E-state index in [2.05, 4.69) is 15.9 Å². The van der Waals surface area contributed by atoms with E-state index in [-0.39, 0.29) is 12.5 Å². The number of carbonyl (C=O) groups is 1. The molecule has 1 aliphatic rings. The summed E-state index contributed by atoms with van der Waals surface area (Å²) in [6.07, 6.45) is 0. The number of nitrogens with zero attached hydrogens (tertiary/aromatic N) is 1. The Balaban J connectivity index is 2.47. The molecule has 1 aliphatic heterocycles. The maximum Gasteiger partial charge on any atom is 0.247 e. The van der Waals surface area contributed by atoms with Crippen LogP contribution in [0.2, 0.25) is 0 Å². The van der Waals surface area contributed by atoms with Crippen molar-refractivity contribution in [2.45, 2.75) is 6.04 Å². The summed E-state index contributed by atoms with van der Waals surface area (Å²) in [6.45, 7) is 0.215. The van der Waals surface area contributed by atoms with Gasteiger partial charge in [0.1, 0.15) is 18.4 Å². The highest BCUT2D eigenvalue weighted by molar-refractivity contribution is 9.10. The molecule has 0 saturated heterocycles. The summed E-state index contributed by atoms with van der Waals surface area (Å²) in [5, 5.41) is 0. The highest BCUT2D eigenvalue weighted by Crippen LogP contribution is 2.32. The van der Waals surface area contributed by atoms with Gasteiger partial charge in [-0.05, 0) is 18.2 Å². The number of hydrogen-bond donors (Lipinski definition) is 1. The second-order valence-corrected chi connectivity index (χ2v) is 4.34. The van der Waals surface area contributed by atoms with E-state index in [1.807, 2.05) is 18.2 Å². The third-order valence-electron chi connectivity index (χ3n) is 2.35. The van der Waals surface area contributed by atoms with Gasteiger partial charge in [0.2, 0.25) is 5.91 Å². The predicted molar refractivity (Wildman–Crippen MR) is 61.0 cm³/mol. The van der Waals surface area contributed by atoms with E-state index in [0.29, 0.717) is 5.75 Å². The minimum atomic E-state index is -0.596. The Morgan fingerprint density at radius 3 is 3.07 bits per heavy atom. The van der Waals surface area contributed by atoms with Crippen LogP contribution in [0.4, 0.5) is 5.69 Å². The first-order valence-electron chi connectivity index (χ1n) is 4.55. The summed E-state index contributed by atoms with van der Waals surface area (Å²) in [4.78, 5) is 13.2. The third-order valence-corrected chi connectivity index (χ3v) is 2.84. The van der Waals surface area contributed by atoms with Crippen LogP contribution in [0.3, 0.4) is 0 Å². The molecule has 2 N–H and O–H groups in total. The summed E-state index contributed by atoms with van der Waals surface area (Å²) < 4.78 is 6.38. The van der Waals surface area contributed by atoms with Crippen LogP contribution in [0, 0.1) is 0 Å². The maximum absolute atomic E-state index is 11.7. The van der Waals surface area contributed by atoms with Gasteiger partial charge in [-0.3, -0.25) is 4.79 Å². The summed E-state index contributed by atoms with van der Waals surface area (Å²) in [5.74, 6) is 0.546. The van der Waals surface area contributed by atoms with Crippen LogP contribution in [-0.4, -0.2) is 25.6 Å². The zero-order valence-corrected chi connectivity index (χ0v) is 9.82. The fraction of sp³-hybridized carbons (Fsp3) is 0.300. The van der Waals surface area contributed by atoms with Gasteiger partial charge in [0.15, 0.2) is 0 Å². The van der Waals surface area contributed by atoms with Gasteiger partial charge in [0.05, 0.1) is 5.69 Å². The Bertz CT molecular complexity index is 408. The molecule has 0 radical (unpaired) electrons. The van der Waals surface area contributed by atoms with Gasteiger partial charge in [0, 0.05) is 11.5 Å². The SMILES string of the molecule is CN1C(=O)[C@@H](N)COc2cc(Br)ccc21. The number of benzene rings is 1. The summed E-state index contributed by atoms with van der Waals surface area (Å²) in [5.41, 5.74) is 6.40. The largest absolute Gasteiger partial charge is 0.489 e. The average molecular weight is 271 g/mol. The topological polar surface area (TPSA) is 55.6 Å². The van der Waals surface area contributed by atoms with Crippen molar-refractivity contribution in [2.24, 2.45) is 5.73 Å². The zero-order valence-electron chi connectivity index (χ0n) is 8.24. The Kier molecular flexibility index (Phi) is 2.67. The van der Waals surface area contributed by atoms with E-state index in [1.54, 1.807) is 7.05 Å². The molecule has 80 valence electrons. The van der Waals surface area contributed by atoms with Gasteiger partial charge in [0.25, 0.3) is 0 Å². The molecule has 1 aromatic rings. The van der Waals surface area contributed by atoms with E-state index in [9.17, 15) is 4.79 Å². The normalized spacial score (nSPS) is 20.6. The Morgan fingerprint density at radius 1 is 1.60 bits per heavy atom. The lowest BCUT2D eigenvalue weighted by Crippen LogP contribution is -2.43. The summed E-state index contributed by atoms with van der Waals surface area (Å²) >= 11 is 3.35. The minimum Gasteiger partial charge on any atom is -0.489 e. The number of hydrogen-bond acceptors (Lipinski definition) is 3. The smallest absolute Gasteiger partial charge is 0.247 e. The fourth-order valence-electron chi connectivity index (χ4n) is 1.50. The molecular weight excluding hydrogens is 260 g/mol. The Hall–Kier alpha value is -1.07. The lowest BCUT2D eigenvalue weighted by molar-refractivity contribution is -0.119. The first-order chi connectivity index (χ1) is 7.09. The van der Waals surface area contributed by atoms with Crippen molar-refractivity contribution in [1.29, 1.82) is 0 Å². The molecule has 1 atom stereocenters. The number of halogens is 1. The molecule has 1 aromatic carbocycles. The van der Waals surface area contributed by atoms with Crippen molar-refractivity contribution in [3.63, 3.8) is 0 Å².